The molecule has 1 N–H and O–H groups in total. The maximum Gasteiger partial charge on any atom is 0.308 e. The lowest BCUT2D eigenvalue weighted by molar-refractivity contribution is -0.165. The number of carbonyl (C=O) groups excluding carboxylic acids is 2. The SMILES string of the molecule is CCOC(=O)C[C@@](C)(O)[C@@]12O[C@@H]1C[C@@H]1[C@H]3CC=C4C[C@@H](OC(C)=O)CC[C@]4(C)[C@@H]3CC[C@@]12C. The topological polar surface area (TPSA) is 85.4 Å². The van der Waals surface area contributed by atoms with Gasteiger partial charge in [-0.15, -0.1) is 0 Å². The summed E-state index contributed by atoms with van der Waals surface area (Å²) in [4.78, 5) is 23.8. The van der Waals surface area contributed by atoms with Crippen LogP contribution in [0.2, 0.25) is 0 Å². The Morgan fingerprint density at radius 1 is 1.24 bits per heavy atom. The Morgan fingerprint density at radius 3 is 2.70 bits per heavy atom. The Hall–Kier alpha value is -1.40. The first-order valence-corrected chi connectivity index (χ1v) is 12.9. The van der Waals surface area contributed by atoms with E-state index in [-0.39, 0.29) is 41.4 Å². The molecule has 5 aliphatic rings. The van der Waals surface area contributed by atoms with Gasteiger partial charge in [0.2, 0.25) is 0 Å². The van der Waals surface area contributed by atoms with E-state index in [2.05, 4.69) is 19.9 Å². The summed E-state index contributed by atoms with van der Waals surface area (Å²) in [5, 5.41) is 11.6. The van der Waals surface area contributed by atoms with Crippen LogP contribution in [-0.2, 0) is 23.8 Å². The second kappa shape index (κ2) is 7.55. The first-order valence-electron chi connectivity index (χ1n) is 12.9. The van der Waals surface area contributed by atoms with Gasteiger partial charge in [-0.2, -0.15) is 0 Å². The molecule has 0 spiro atoms. The number of rotatable bonds is 5. The van der Waals surface area contributed by atoms with Gasteiger partial charge in [0.25, 0.3) is 0 Å². The molecule has 6 nitrogen and oxygen atoms in total. The first-order chi connectivity index (χ1) is 15.5. The molecule has 0 aromatic carbocycles. The molecule has 0 aromatic heterocycles. The second-order valence-electron chi connectivity index (χ2n) is 12.0. The monoisotopic (exact) mass is 460 g/mol. The van der Waals surface area contributed by atoms with E-state index < -0.39 is 11.2 Å². The van der Waals surface area contributed by atoms with Crippen molar-refractivity contribution in [3.05, 3.63) is 11.6 Å². The van der Waals surface area contributed by atoms with E-state index in [1.807, 2.05) is 0 Å². The van der Waals surface area contributed by atoms with Gasteiger partial charge in [0.15, 0.2) is 0 Å². The predicted octanol–water partition coefficient (Wildman–Crippen LogP) is 4.33. The highest BCUT2D eigenvalue weighted by Crippen LogP contribution is 2.75. The molecule has 0 radical (unpaired) electrons. The summed E-state index contributed by atoms with van der Waals surface area (Å²) in [5.41, 5.74) is -0.392. The highest BCUT2D eigenvalue weighted by atomic mass is 16.6. The van der Waals surface area contributed by atoms with E-state index in [0.717, 1.165) is 44.9 Å². The number of aliphatic hydroxyl groups is 1. The lowest BCUT2D eigenvalue weighted by atomic mass is 9.46. The van der Waals surface area contributed by atoms with Crippen LogP contribution < -0.4 is 0 Å². The largest absolute Gasteiger partial charge is 0.466 e. The summed E-state index contributed by atoms with van der Waals surface area (Å²) < 4.78 is 17.0. The predicted molar refractivity (Wildman–Crippen MR) is 122 cm³/mol. The zero-order valence-corrected chi connectivity index (χ0v) is 20.8. The molecule has 33 heavy (non-hydrogen) atoms. The molecule has 0 amide bonds. The van der Waals surface area contributed by atoms with E-state index in [9.17, 15) is 14.7 Å². The zero-order chi connectivity index (χ0) is 23.8. The number of ether oxygens (including phenoxy) is 3. The first kappa shape index (κ1) is 23.3. The molecule has 3 saturated carbocycles. The lowest BCUT2D eigenvalue weighted by Gasteiger charge is -2.59. The maximum absolute atomic E-state index is 12.3. The number of epoxide rings is 1. The van der Waals surface area contributed by atoms with E-state index >= 15 is 0 Å². The molecule has 1 aliphatic heterocycles. The maximum atomic E-state index is 12.3. The number of hydrogen-bond donors (Lipinski definition) is 1. The molecule has 4 fully saturated rings. The number of esters is 2. The molecule has 0 bridgehead atoms. The van der Waals surface area contributed by atoms with Crippen molar-refractivity contribution < 1.29 is 28.9 Å². The lowest BCUT2D eigenvalue weighted by Crippen LogP contribution is -2.59. The molecule has 0 aromatic rings. The van der Waals surface area contributed by atoms with Gasteiger partial charge in [-0.3, -0.25) is 9.59 Å². The fourth-order valence-corrected chi connectivity index (χ4v) is 9.03. The molecular formula is C27H40O6. The van der Waals surface area contributed by atoms with Crippen LogP contribution in [0.4, 0.5) is 0 Å². The summed E-state index contributed by atoms with van der Waals surface area (Å²) in [5.74, 6) is 1.11. The zero-order valence-electron chi connectivity index (χ0n) is 20.8. The van der Waals surface area contributed by atoms with Crippen LogP contribution in [0.25, 0.3) is 0 Å². The smallest absolute Gasteiger partial charge is 0.308 e. The van der Waals surface area contributed by atoms with Crippen molar-refractivity contribution in [3.63, 3.8) is 0 Å². The Kier molecular flexibility index (Phi) is 5.34. The molecule has 0 unspecified atom stereocenters. The summed E-state index contributed by atoms with van der Waals surface area (Å²) in [6.45, 7) is 10.1. The van der Waals surface area contributed by atoms with Gasteiger partial charge in [-0.05, 0) is 75.5 Å². The Morgan fingerprint density at radius 2 is 2.00 bits per heavy atom. The summed E-state index contributed by atoms with van der Waals surface area (Å²) >= 11 is 0. The molecule has 6 heteroatoms. The fourth-order valence-electron chi connectivity index (χ4n) is 9.03. The molecule has 4 aliphatic carbocycles. The Labute approximate surface area is 197 Å². The molecule has 184 valence electrons. The van der Waals surface area contributed by atoms with Crippen LogP contribution >= 0.6 is 0 Å². The average molecular weight is 461 g/mol. The Bertz CT molecular complexity index is 878. The number of hydrogen-bond acceptors (Lipinski definition) is 6. The third-order valence-corrected chi connectivity index (χ3v) is 10.4. The summed E-state index contributed by atoms with van der Waals surface area (Å²) in [6, 6.07) is 0. The van der Waals surface area contributed by atoms with Crippen LogP contribution in [0.15, 0.2) is 11.6 Å². The minimum atomic E-state index is -1.23. The van der Waals surface area contributed by atoms with Gasteiger partial charge in [-0.1, -0.05) is 25.5 Å². The molecule has 9 atom stereocenters. The van der Waals surface area contributed by atoms with E-state index in [1.54, 1.807) is 13.8 Å². The second-order valence-corrected chi connectivity index (χ2v) is 12.0. The van der Waals surface area contributed by atoms with Gasteiger partial charge in [0, 0.05) is 18.8 Å². The van der Waals surface area contributed by atoms with Gasteiger partial charge < -0.3 is 19.3 Å². The molecule has 1 saturated heterocycles. The van der Waals surface area contributed by atoms with Crippen molar-refractivity contribution in [1.29, 1.82) is 0 Å². The van der Waals surface area contributed by atoms with Crippen molar-refractivity contribution in [2.24, 2.45) is 28.6 Å². The standard InChI is InChI=1S/C27H40O6/c1-6-31-23(29)15-26(5,30)27-22(33-27)14-21-19-8-7-17-13-18(32-16(2)28)9-11-24(17,3)20(19)10-12-25(21,27)4/h7,18-22,30H,6,8-15H2,1-5H3/t18-,19-,20+,21+,22+,24-,25-,26+,27+/m0/s1. The third kappa shape index (κ3) is 3.19. The minimum absolute atomic E-state index is 0.0148. The Balaban J connectivity index is 1.39. The van der Waals surface area contributed by atoms with Crippen molar-refractivity contribution in [2.75, 3.05) is 6.61 Å². The minimum Gasteiger partial charge on any atom is -0.466 e. The van der Waals surface area contributed by atoms with Gasteiger partial charge in [0.1, 0.15) is 17.3 Å². The highest BCUT2D eigenvalue weighted by Gasteiger charge is 2.82. The molecular weight excluding hydrogens is 420 g/mol. The van der Waals surface area contributed by atoms with Crippen LogP contribution in [0.5, 0.6) is 0 Å². The number of fused-ring (bicyclic) bond motifs is 7. The van der Waals surface area contributed by atoms with Crippen molar-refractivity contribution >= 4 is 11.9 Å². The number of allylic oxidation sites excluding steroid dienone is 1. The third-order valence-electron chi connectivity index (χ3n) is 10.4. The van der Waals surface area contributed by atoms with Gasteiger partial charge >= 0.3 is 11.9 Å². The fraction of sp³-hybridized carbons (Fsp3) is 0.852. The van der Waals surface area contributed by atoms with E-state index in [1.165, 1.54) is 12.5 Å². The van der Waals surface area contributed by atoms with Crippen molar-refractivity contribution in [1.82, 2.24) is 0 Å². The quantitative estimate of drug-likeness (QED) is 0.373. The number of carbonyl (C=O) groups is 2. The normalized spacial score (nSPS) is 47.1. The van der Waals surface area contributed by atoms with Crippen LogP contribution in [-0.4, -0.2) is 47.1 Å². The molecule has 1 heterocycles. The van der Waals surface area contributed by atoms with Gasteiger partial charge in [0.05, 0.1) is 19.1 Å². The van der Waals surface area contributed by atoms with Crippen LogP contribution in [0, 0.1) is 28.6 Å². The van der Waals surface area contributed by atoms with Crippen LogP contribution in [0.1, 0.15) is 86.0 Å². The van der Waals surface area contributed by atoms with Crippen molar-refractivity contribution in [2.45, 2.75) is 109 Å². The molecule has 5 rings (SSSR count). The van der Waals surface area contributed by atoms with Crippen molar-refractivity contribution in [3.8, 4) is 0 Å². The van der Waals surface area contributed by atoms with Gasteiger partial charge in [-0.25, -0.2) is 0 Å². The van der Waals surface area contributed by atoms with E-state index in [0.29, 0.717) is 24.4 Å². The summed E-state index contributed by atoms with van der Waals surface area (Å²) in [7, 11) is 0. The van der Waals surface area contributed by atoms with E-state index in [4.69, 9.17) is 14.2 Å². The highest BCUT2D eigenvalue weighted by molar-refractivity contribution is 5.71. The van der Waals surface area contributed by atoms with Crippen LogP contribution in [0.3, 0.4) is 0 Å². The summed E-state index contributed by atoms with van der Waals surface area (Å²) in [6.07, 6.45) is 9.44. The average Bonchev–Trinajstić information content (AvgIpc) is 3.41.